The van der Waals surface area contributed by atoms with Gasteiger partial charge in [-0.1, -0.05) is 0 Å². The van der Waals surface area contributed by atoms with Crippen molar-refractivity contribution in [3.05, 3.63) is 0 Å². The summed E-state index contributed by atoms with van der Waals surface area (Å²) in [6, 6.07) is 0. The molecule has 83 valence electrons. The average Bonchev–Trinajstić information content (AvgIpc) is 2.00. The average molecular weight is 347 g/mol. The van der Waals surface area contributed by atoms with Gasteiger partial charge in [-0.05, 0) is 0 Å². The van der Waals surface area contributed by atoms with Crippen molar-refractivity contribution in [2.45, 2.75) is 18.4 Å². The van der Waals surface area contributed by atoms with Gasteiger partial charge >= 0.3 is 17.9 Å². The first-order valence-corrected chi connectivity index (χ1v) is 3.33. The molecule has 0 fully saturated rings. The predicted octanol–water partition coefficient (Wildman–Crippen LogP) is -0.751. The second-order valence-corrected chi connectivity index (χ2v) is 2.53. The van der Waals surface area contributed by atoms with Crippen molar-refractivity contribution in [3.8, 4) is 0 Å². The summed E-state index contributed by atoms with van der Waals surface area (Å²) in [6.45, 7) is 0. The first kappa shape index (κ1) is 16.9. The molecule has 0 amide bonds. The molecule has 0 aromatic heterocycles. The van der Waals surface area contributed by atoms with Crippen molar-refractivity contribution in [3.63, 3.8) is 0 Å². The zero-order valence-corrected chi connectivity index (χ0v) is 11.0. The van der Waals surface area contributed by atoms with Gasteiger partial charge in [0, 0.05) is 35.6 Å². The third-order valence-corrected chi connectivity index (χ3v) is 1.44. The van der Waals surface area contributed by atoms with Crippen molar-refractivity contribution in [1.29, 1.82) is 0 Å². The smallest absolute Gasteiger partial charge is 0.340 e. The van der Waals surface area contributed by atoms with Gasteiger partial charge in [0.1, 0.15) is 0 Å². The molecular formula is C6H8LaO8. The number of aliphatic carboxylic acids is 3. The summed E-state index contributed by atoms with van der Waals surface area (Å²) < 4.78 is 0. The van der Waals surface area contributed by atoms with Crippen LogP contribution in [0.4, 0.5) is 0 Å². The van der Waals surface area contributed by atoms with Crippen LogP contribution in [0.2, 0.25) is 0 Å². The molecular weight excluding hydrogens is 339 g/mol. The molecule has 0 aliphatic heterocycles. The summed E-state index contributed by atoms with van der Waals surface area (Å²) in [6.07, 6.45) is -2.30. The molecule has 0 heterocycles. The summed E-state index contributed by atoms with van der Waals surface area (Å²) in [7, 11) is 0. The quantitative estimate of drug-likeness (QED) is 0.363. The van der Waals surface area contributed by atoms with E-state index in [-0.39, 0.29) is 35.6 Å². The maximum Gasteiger partial charge on any atom is 0.340 e. The fourth-order valence-electron chi connectivity index (χ4n) is 0.806. The van der Waals surface area contributed by atoms with Crippen LogP contribution in [0.15, 0.2) is 0 Å². The zero-order valence-electron chi connectivity index (χ0n) is 7.41. The van der Waals surface area contributed by atoms with Crippen LogP contribution in [0.5, 0.6) is 0 Å². The van der Waals surface area contributed by atoms with Gasteiger partial charge in [0.25, 0.3) is 0 Å². The van der Waals surface area contributed by atoms with E-state index in [9.17, 15) is 14.4 Å². The van der Waals surface area contributed by atoms with Crippen molar-refractivity contribution in [2.75, 3.05) is 0 Å². The van der Waals surface area contributed by atoms with Gasteiger partial charge in [-0.25, -0.2) is 9.68 Å². The molecule has 9 heteroatoms. The van der Waals surface area contributed by atoms with Crippen LogP contribution in [0, 0.1) is 35.6 Å². The molecule has 0 aliphatic rings. The molecule has 0 unspecified atom stereocenters. The first-order chi connectivity index (χ1) is 6.34. The molecule has 1 radical (unpaired) electrons. The van der Waals surface area contributed by atoms with Crippen molar-refractivity contribution >= 4 is 17.9 Å². The third-order valence-electron chi connectivity index (χ3n) is 1.44. The van der Waals surface area contributed by atoms with E-state index in [1.165, 1.54) is 0 Å². The van der Waals surface area contributed by atoms with Gasteiger partial charge in [-0.2, -0.15) is 0 Å². The van der Waals surface area contributed by atoms with Crippen LogP contribution < -0.4 is 0 Å². The zero-order chi connectivity index (χ0) is 11.4. The van der Waals surface area contributed by atoms with Crippen molar-refractivity contribution in [2.24, 2.45) is 0 Å². The molecule has 0 aromatic carbocycles. The van der Waals surface area contributed by atoms with E-state index < -0.39 is 36.4 Å². The van der Waals surface area contributed by atoms with Crippen LogP contribution >= 0.6 is 0 Å². The fraction of sp³-hybridized carbons (Fsp3) is 0.500. The Bertz CT molecular complexity index is 246. The first-order valence-electron chi connectivity index (χ1n) is 3.33. The van der Waals surface area contributed by atoms with Gasteiger partial charge in [0.2, 0.25) is 5.60 Å². The van der Waals surface area contributed by atoms with E-state index in [0.29, 0.717) is 0 Å². The molecule has 0 rings (SSSR count). The summed E-state index contributed by atoms with van der Waals surface area (Å²) in [4.78, 5) is 34.4. The minimum atomic E-state index is -2.64. The molecule has 0 spiro atoms. The Balaban J connectivity index is 0. The van der Waals surface area contributed by atoms with Crippen LogP contribution in [0.25, 0.3) is 0 Å². The maximum absolute atomic E-state index is 10.5. The molecule has 0 atom stereocenters. The van der Waals surface area contributed by atoms with E-state index in [1.54, 1.807) is 0 Å². The number of carbonyl (C=O) groups is 3. The number of hydrogen-bond acceptors (Lipinski definition) is 5. The molecule has 0 bridgehead atoms. The third kappa shape index (κ3) is 5.23. The van der Waals surface area contributed by atoms with Crippen LogP contribution in [0.1, 0.15) is 12.8 Å². The molecule has 4 N–H and O–H groups in total. The standard InChI is InChI=1S/C6H8O8.La/c7-3(8)1-6(14-13,5(11)12)2-4(9)10;/h13H,1-2H2,(H,7,8)(H,9,10)(H,11,12);. The van der Waals surface area contributed by atoms with Gasteiger partial charge in [0.05, 0.1) is 12.8 Å². The molecule has 0 saturated heterocycles. The van der Waals surface area contributed by atoms with E-state index in [0.717, 1.165) is 0 Å². The minimum Gasteiger partial charge on any atom is -0.481 e. The summed E-state index contributed by atoms with van der Waals surface area (Å²) in [5, 5.41) is 33.3. The Labute approximate surface area is 111 Å². The monoisotopic (exact) mass is 347 g/mol. The van der Waals surface area contributed by atoms with Crippen molar-refractivity contribution in [1.82, 2.24) is 0 Å². The molecule has 0 aliphatic carbocycles. The Morgan fingerprint density at radius 1 is 1.00 bits per heavy atom. The Morgan fingerprint density at radius 2 is 1.33 bits per heavy atom. The van der Waals surface area contributed by atoms with Gasteiger partial charge in [-0.15, -0.1) is 0 Å². The van der Waals surface area contributed by atoms with E-state index >= 15 is 0 Å². The summed E-state index contributed by atoms with van der Waals surface area (Å²) in [5.41, 5.74) is -2.64. The number of rotatable bonds is 6. The van der Waals surface area contributed by atoms with E-state index in [4.69, 9.17) is 20.6 Å². The molecule has 8 nitrogen and oxygen atoms in total. The second kappa shape index (κ2) is 6.91. The minimum absolute atomic E-state index is 0. The second-order valence-electron chi connectivity index (χ2n) is 2.53. The summed E-state index contributed by atoms with van der Waals surface area (Å²) in [5.74, 6) is -5.05. The van der Waals surface area contributed by atoms with Crippen molar-refractivity contribution < 1.29 is 75.4 Å². The molecule has 15 heavy (non-hydrogen) atoms. The Hall–Kier alpha value is -0.475. The Kier molecular flexibility index (Phi) is 7.80. The normalized spacial score (nSPS) is 10.2. The summed E-state index contributed by atoms with van der Waals surface area (Å²) >= 11 is 0. The SMILES string of the molecule is O=C(O)CC(CC(=O)O)(OO)C(=O)O.[La]. The predicted molar refractivity (Wildman–Crippen MR) is 38.6 cm³/mol. The number of carboxylic acid groups (broad SMARTS) is 3. The van der Waals surface area contributed by atoms with Crippen LogP contribution in [-0.4, -0.2) is 44.1 Å². The van der Waals surface area contributed by atoms with Crippen LogP contribution in [-0.2, 0) is 19.3 Å². The van der Waals surface area contributed by atoms with E-state index in [2.05, 4.69) is 4.89 Å². The Morgan fingerprint density at radius 3 is 1.47 bits per heavy atom. The van der Waals surface area contributed by atoms with Gasteiger partial charge in [0.15, 0.2) is 0 Å². The van der Waals surface area contributed by atoms with Gasteiger partial charge < -0.3 is 15.3 Å². The molecule has 0 saturated carbocycles. The number of carboxylic acids is 3. The topological polar surface area (TPSA) is 141 Å². The molecule has 0 aromatic rings. The van der Waals surface area contributed by atoms with E-state index in [1.807, 2.05) is 0 Å². The number of hydrogen-bond donors (Lipinski definition) is 4. The van der Waals surface area contributed by atoms with Crippen LogP contribution in [0.3, 0.4) is 0 Å². The fourth-order valence-corrected chi connectivity index (χ4v) is 0.806. The van der Waals surface area contributed by atoms with Gasteiger partial charge in [-0.3, -0.25) is 14.8 Å². The largest absolute Gasteiger partial charge is 0.481 e. The maximum atomic E-state index is 10.5.